The van der Waals surface area contributed by atoms with Gasteiger partial charge >= 0.3 is 6.03 Å². The highest BCUT2D eigenvalue weighted by molar-refractivity contribution is 7.92. The van der Waals surface area contributed by atoms with Crippen molar-refractivity contribution in [3.05, 3.63) is 89.0 Å². The zero-order chi connectivity index (χ0) is 23.6. The Morgan fingerprint density at radius 1 is 0.939 bits per heavy atom. The summed E-state index contributed by atoms with van der Waals surface area (Å²) in [6.07, 6.45) is 0.646. The number of urea groups is 1. The van der Waals surface area contributed by atoms with Crippen LogP contribution in [0.3, 0.4) is 0 Å². The molecule has 1 aliphatic heterocycles. The first-order valence-electron chi connectivity index (χ1n) is 10.1. The Hall–Kier alpha value is -3.17. The molecule has 1 saturated heterocycles. The van der Waals surface area contributed by atoms with Crippen molar-refractivity contribution in [3.8, 4) is 0 Å². The van der Waals surface area contributed by atoms with Gasteiger partial charge in [0.1, 0.15) is 11.6 Å². The monoisotopic (exact) mass is 491 g/mol. The molecule has 3 aromatic rings. The third-order valence-corrected chi connectivity index (χ3v) is 6.88. The minimum Gasteiger partial charge on any atom is -0.320 e. The second-order valence-corrected chi connectivity index (χ2v) is 9.67. The van der Waals surface area contributed by atoms with Gasteiger partial charge in [-0.3, -0.25) is 9.62 Å². The fourth-order valence-electron chi connectivity index (χ4n) is 3.58. The molecule has 33 heavy (non-hydrogen) atoms. The number of halogens is 3. The lowest BCUT2D eigenvalue weighted by Gasteiger charge is -2.35. The predicted molar refractivity (Wildman–Crippen MR) is 123 cm³/mol. The van der Waals surface area contributed by atoms with E-state index in [1.54, 1.807) is 24.3 Å². The Balaban J connectivity index is 1.47. The largest absolute Gasteiger partial charge is 0.324 e. The van der Waals surface area contributed by atoms with Crippen molar-refractivity contribution in [1.82, 2.24) is 4.90 Å². The average Bonchev–Trinajstić information content (AvgIpc) is 2.78. The van der Waals surface area contributed by atoms with E-state index in [1.165, 1.54) is 34.1 Å². The number of rotatable bonds is 6. The highest BCUT2D eigenvalue weighted by atomic mass is 35.5. The molecule has 1 N–H and O–H groups in total. The fraction of sp³-hybridized carbons (Fsp3) is 0.174. The van der Waals surface area contributed by atoms with E-state index in [0.29, 0.717) is 35.9 Å². The zero-order valence-corrected chi connectivity index (χ0v) is 18.9. The van der Waals surface area contributed by atoms with Crippen molar-refractivity contribution in [1.29, 1.82) is 0 Å². The van der Waals surface area contributed by atoms with Crippen molar-refractivity contribution in [2.24, 2.45) is 0 Å². The van der Waals surface area contributed by atoms with Crippen molar-refractivity contribution in [2.75, 3.05) is 22.7 Å². The lowest BCUT2D eigenvalue weighted by molar-refractivity contribution is 0.191. The number of nitrogens with one attached hydrogen (secondary N) is 1. The summed E-state index contributed by atoms with van der Waals surface area (Å²) in [6, 6.07) is 15.0. The van der Waals surface area contributed by atoms with Crippen LogP contribution in [0, 0.1) is 11.6 Å². The summed E-state index contributed by atoms with van der Waals surface area (Å²) in [5, 5.41) is 0.429. The highest BCUT2D eigenvalue weighted by Crippen LogP contribution is 2.25. The van der Waals surface area contributed by atoms with Crippen molar-refractivity contribution >= 4 is 39.0 Å². The van der Waals surface area contributed by atoms with E-state index in [0.717, 1.165) is 18.2 Å². The molecule has 0 bridgehead atoms. The molecule has 1 fully saturated rings. The maximum Gasteiger partial charge on any atom is 0.324 e. The number of hydrogen-bond donors (Lipinski definition) is 1. The van der Waals surface area contributed by atoms with Crippen LogP contribution < -0.4 is 9.62 Å². The van der Waals surface area contributed by atoms with Gasteiger partial charge in [-0.25, -0.2) is 22.0 Å². The quantitative estimate of drug-likeness (QED) is 0.512. The predicted octanol–water partition coefficient (Wildman–Crippen LogP) is 5.25. The van der Waals surface area contributed by atoms with Crippen LogP contribution in [0.15, 0.2) is 71.6 Å². The van der Waals surface area contributed by atoms with Crippen LogP contribution in [0.1, 0.15) is 12.0 Å². The van der Waals surface area contributed by atoms with Crippen LogP contribution in [0.2, 0.25) is 5.02 Å². The van der Waals surface area contributed by atoms with E-state index in [1.807, 2.05) is 0 Å². The van der Waals surface area contributed by atoms with Crippen LogP contribution in [0.25, 0.3) is 0 Å². The number of nitrogens with zero attached hydrogens (tertiary/aromatic N) is 2. The summed E-state index contributed by atoms with van der Waals surface area (Å²) in [7, 11) is -3.79. The van der Waals surface area contributed by atoms with Gasteiger partial charge in [-0.2, -0.15) is 0 Å². The Kier molecular flexibility index (Phi) is 6.53. The van der Waals surface area contributed by atoms with E-state index < -0.39 is 21.7 Å². The molecular weight excluding hydrogens is 472 g/mol. The number of benzene rings is 3. The molecule has 0 saturated carbocycles. The van der Waals surface area contributed by atoms with Crippen molar-refractivity contribution in [2.45, 2.75) is 17.9 Å². The van der Waals surface area contributed by atoms with Gasteiger partial charge in [-0.05, 0) is 73.2 Å². The molecule has 0 radical (unpaired) electrons. The molecule has 1 heterocycles. The average molecular weight is 492 g/mol. The number of hydrogen-bond acceptors (Lipinski definition) is 3. The van der Waals surface area contributed by atoms with Crippen LogP contribution in [0.4, 0.5) is 25.0 Å². The van der Waals surface area contributed by atoms with Crippen molar-refractivity contribution in [3.63, 3.8) is 0 Å². The van der Waals surface area contributed by atoms with E-state index in [2.05, 4.69) is 4.72 Å². The summed E-state index contributed by atoms with van der Waals surface area (Å²) in [4.78, 5) is 16.0. The zero-order valence-electron chi connectivity index (χ0n) is 17.3. The number of carbonyl (C=O) groups is 1. The standard InChI is InChI=1S/C23H20ClF2N3O3S/c24-17-2-9-21(10-3-17)33(31,32)27-19-5-7-20(8-6-19)29-13-1-12-28(23(29)30)15-16-14-18(25)4-11-22(16)26/h2-11,14,27H,1,12-13,15H2. The molecule has 10 heteroatoms. The maximum absolute atomic E-state index is 14.0. The molecule has 6 nitrogen and oxygen atoms in total. The smallest absolute Gasteiger partial charge is 0.320 e. The molecule has 1 aliphatic rings. The second kappa shape index (κ2) is 9.36. The third-order valence-electron chi connectivity index (χ3n) is 5.24. The van der Waals surface area contributed by atoms with E-state index in [-0.39, 0.29) is 23.0 Å². The van der Waals surface area contributed by atoms with E-state index >= 15 is 0 Å². The van der Waals surface area contributed by atoms with Crippen LogP contribution in [-0.4, -0.2) is 32.4 Å². The Bertz CT molecular complexity index is 1270. The fourth-order valence-corrected chi connectivity index (χ4v) is 4.76. The van der Waals surface area contributed by atoms with Crippen LogP contribution in [0.5, 0.6) is 0 Å². The van der Waals surface area contributed by atoms with Gasteiger partial charge in [0, 0.05) is 35.1 Å². The van der Waals surface area contributed by atoms with E-state index in [4.69, 9.17) is 11.6 Å². The molecule has 172 valence electrons. The number of carbonyl (C=O) groups excluding carboxylic acids is 1. The lowest BCUT2D eigenvalue weighted by Crippen LogP contribution is -2.49. The molecule has 0 unspecified atom stereocenters. The Labute approximate surface area is 195 Å². The van der Waals surface area contributed by atoms with Gasteiger partial charge in [0.2, 0.25) is 0 Å². The first-order valence-corrected chi connectivity index (χ1v) is 12.0. The number of sulfonamides is 1. The summed E-state index contributed by atoms with van der Waals surface area (Å²) in [5.74, 6) is -1.14. The maximum atomic E-state index is 14.0. The summed E-state index contributed by atoms with van der Waals surface area (Å²) >= 11 is 5.81. The minimum atomic E-state index is -3.79. The molecule has 0 spiro atoms. The van der Waals surface area contributed by atoms with E-state index in [9.17, 15) is 22.0 Å². The topological polar surface area (TPSA) is 69.7 Å². The molecule has 0 aliphatic carbocycles. The van der Waals surface area contributed by atoms with Crippen molar-refractivity contribution < 1.29 is 22.0 Å². The SMILES string of the molecule is O=C1N(Cc2cc(F)ccc2F)CCCN1c1ccc(NS(=O)(=O)c2ccc(Cl)cc2)cc1. The summed E-state index contributed by atoms with van der Waals surface area (Å²) < 4.78 is 55.1. The second-order valence-electron chi connectivity index (χ2n) is 7.55. The molecule has 0 aromatic heterocycles. The van der Waals surface area contributed by atoms with Gasteiger partial charge in [0.15, 0.2) is 0 Å². The molecule has 2 amide bonds. The number of anilines is 2. The summed E-state index contributed by atoms with van der Waals surface area (Å²) in [5.41, 5.74) is 1.01. The molecule has 4 rings (SSSR count). The lowest BCUT2D eigenvalue weighted by atomic mass is 10.1. The van der Waals surface area contributed by atoms with Gasteiger partial charge in [0.05, 0.1) is 11.4 Å². The van der Waals surface area contributed by atoms with Crippen LogP contribution >= 0.6 is 11.6 Å². The number of amides is 2. The molecule has 0 atom stereocenters. The normalized spacial score (nSPS) is 14.5. The molecular formula is C23H20ClF2N3O3S. The molecule has 3 aromatic carbocycles. The van der Waals surface area contributed by atoms with Gasteiger partial charge in [0.25, 0.3) is 10.0 Å². The van der Waals surface area contributed by atoms with Crippen LogP contribution in [-0.2, 0) is 16.6 Å². The Morgan fingerprint density at radius 3 is 2.33 bits per heavy atom. The first kappa shape index (κ1) is 23.0. The van der Waals surface area contributed by atoms with Gasteiger partial charge in [-0.15, -0.1) is 0 Å². The van der Waals surface area contributed by atoms with Gasteiger partial charge < -0.3 is 4.90 Å². The summed E-state index contributed by atoms with van der Waals surface area (Å²) in [6.45, 7) is 0.832. The highest BCUT2D eigenvalue weighted by Gasteiger charge is 2.27. The minimum absolute atomic E-state index is 0.0437. The van der Waals surface area contributed by atoms with Gasteiger partial charge in [-0.1, -0.05) is 11.6 Å². The Morgan fingerprint density at radius 2 is 1.64 bits per heavy atom. The third kappa shape index (κ3) is 5.26. The first-order chi connectivity index (χ1) is 15.7.